The van der Waals surface area contributed by atoms with E-state index < -0.39 is 23.8 Å². The Morgan fingerprint density at radius 2 is 1.60 bits per heavy atom. The summed E-state index contributed by atoms with van der Waals surface area (Å²) >= 11 is 0. The van der Waals surface area contributed by atoms with Gasteiger partial charge in [-0.15, -0.1) is 0 Å². The van der Waals surface area contributed by atoms with Crippen molar-refractivity contribution in [1.82, 2.24) is 15.1 Å². The first-order valence-electron chi connectivity index (χ1n) is 10.3. The Kier molecular flexibility index (Phi) is 4.88. The van der Waals surface area contributed by atoms with E-state index in [2.05, 4.69) is 10.2 Å². The minimum Gasteiger partial charge on any atom is -0.350 e. The van der Waals surface area contributed by atoms with Crippen LogP contribution in [0.3, 0.4) is 0 Å². The summed E-state index contributed by atoms with van der Waals surface area (Å²) in [5.74, 6) is -1.88. The number of fused-ring (bicyclic) bond motifs is 2. The van der Waals surface area contributed by atoms with Crippen LogP contribution >= 0.6 is 0 Å². The molecule has 9 nitrogen and oxygen atoms in total. The molecule has 4 heterocycles. The summed E-state index contributed by atoms with van der Waals surface area (Å²) in [5.41, 5.74) is 2.76. The van der Waals surface area contributed by atoms with Gasteiger partial charge in [-0.25, -0.2) is 0 Å². The molecule has 0 aliphatic carbocycles. The molecule has 0 saturated carbocycles. The van der Waals surface area contributed by atoms with Gasteiger partial charge in [0.15, 0.2) is 6.29 Å². The van der Waals surface area contributed by atoms with Crippen molar-refractivity contribution >= 4 is 23.6 Å². The third-order valence-corrected chi connectivity index (χ3v) is 6.15. The smallest absolute Gasteiger partial charge is 0.262 e. The molecule has 30 heavy (non-hydrogen) atoms. The van der Waals surface area contributed by atoms with Crippen LogP contribution in [-0.4, -0.2) is 65.5 Å². The number of carbonyl (C=O) groups excluding carboxylic acids is 4. The Labute approximate surface area is 173 Å². The van der Waals surface area contributed by atoms with E-state index in [9.17, 15) is 19.2 Å². The Balaban J connectivity index is 1.27. The molecule has 158 valence electrons. The largest absolute Gasteiger partial charge is 0.350 e. The van der Waals surface area contributed by atoms with Gasteiger partial charge in [0, 0.05) is 19.5 Å². The standard InChI is InChI=1S/C21H23N3O6/c25-17-4-3-16(19(26)22-17)24-20(27)14-8-12-10-23(5-1-2-18-29-6-7-30-18)11-13(12)9-15(14)21(24)28/h8-9,16,18H,1-7,10-11H2,(H,22,25,26). The lowest BCUT2D eigenvalue weighted by Gasteiger charge is -2.27. The van der Waals surface area contributed by atoms with Crippen molar-refractivity contribution < 1.29 is 28.7 Å². The topological polar surface area (TPSA) is 105 Å². The lowest BCUT2D eigenvalue weighted by atomic mass is 10.0. The summed E-state index contributed by atoms with van der Waals surface area (Å²) < 4.78 is 10.9. The molecule has 4 aliphatic heterocycles. The van der Waals surface area contributed by atoms with E-state index in [0.29, 0.717) is 24.3 Å². The first-order valence-corrected chi connectivity index (χ1v) is 10.3. The molecule has 1 aromatic carbocycles. The molecule has 4 aliphatic rings. The van der Waals surface area contributed by atoms with E-state index in [1.807, 2.05) is 0 Å². The van der Waals surface area contributed by atoms with Gasteiger partial charge in [0.2, 0.25) is 11.8 Å². The number of imide groups is 2. The van der Waals surface area contributed by atoms with Gasteiger partial charge in [-0.05, 0) is 49.1 Å². The van der Waals surface area contributed by atoms with Crippen LogP contribution in [0.5, 0.6) is 0 Å². The highest BCUT2D eigenvalue weighted by atomic mass is 16.7. The van der Waals surface area contributed by atoms with E-state index in [1.165, 1.54) is 0 Å². The monoisotopic (exact) mass is 413 g/mol. The lowest BCUT2D eigenvalue weighted by Crippen LogP contribution is -2.54. The first-order chi connectivity index (χ1) is 14.5. The average molecular weight is 413 g/mol. The van der Waals surface area contributed by atoms with E-state index in [1.54, 1.807) is 12.1 Å². The van der Waals surface area contributed by atoms with Gasteiger partial charge in [-0.2, -0.15) is 0 Å². The molecular formula is C21H23N3O6. The number of ether oxygens (including phenoxy) is 2. The van der Waals surface area contributed by atoms with E-state index in [4.69, 9.17) is 9.47 Å². The van der Waals surface area contributed by atoms with Gasteiger partial charge in [0.25, 0.3) is 11.8 Å². The fourth-order valence-corrected chi connectivity index (χ4v) is 4.65. The molecule has 0 spiro atoms. The zero-order valence-corrected chi connectivity index (χ0v) is 16.5. The lowest BCUT2D eigenvalue weighted by molar-refractivity contribution is -0.136. The van der Waals surface area contributed by atoms with Crippen molar-refractivity contribution in [2.24, 2.45) is 0 Å². The van der Waals surface area contributed by atoms with Crippen LogP contribution < -0.4 is 5.32 Å². The van der Waals surface area contributed by atoms with Crippen LogP contribution in [0.2, 0.25) is 0 Å². The number of rotatable bonds is 5. The van der Waals surface area contributed by atoms with E-state index in [0.717, 1.165) is 48.5 Å². The molecule has 4 amide bonds. The summed E-state index contributed by atoms with van der Waals surface area (Å²) in [4.78, 5) is 52.7. The zero-order chi connectivity index (χ0) is 20.8. The van der Waals surface area contributed by atoms with Crippen molar-refractivity contribution in [3.8, 4) is 0 Å². The molecule has 2 saturated heterocycles. The number of benzene rings is 1. The second-order valence-corrected chi connectivity index (χ2v) is 8.14. The van der Waals surface area contributed by atoms with Crippen molar-refractivity contribution in [3.63, 3.8) is 0 Å². The van der Waals surface area contributed by atoms with Crippen LogP contribution in [0.1, 0.15) is 57.5 Å². The molecule has 1 unspecified atom stereocenters. The third-order valence-electron chi connectivity index (χ3n) is 6.15. The summed E-state index contributed by atoms with van der Waals surface area (Å²) in [7, 11) is 0. The highest BCUT2D eigenvalue weighted by Crippen LogP contribution is 2.33. The van der Waals surface area contributed by atoms with Crippen LogP contribution in [-0.2, 0) is 32.2 Å². The molecule has 1 aromatic rings. The van der Waals surface area contributed by atoms with Crippen molar-refractivity contribution in [2.45, 2.75) is 51.1 Å². The van der Waals surface area contributed by atoms with Gasteiger partial charge >= 0.3 is 0 Å². The molecule has 2 fully saturated rings. The number of nitrogens with one attached hydrogen (secondary N) is 1. The Morgan fingerprint density at radius 3 is 2.20 bits per heavy atom. The van der Waals surface area contributed by atoms with Crippen molar-refractivity contribution in [2.75, 3.05) is 19.8 Å². The number of amides is 4. The third kappa shape index (κ3) is 3.32. The molecular weight excluding hydrogens is 390 g/mol. The summed E-state index contributed by atoms with van der Waals surface area (Å²) in [6.45, 7) is 3.63. The predicted molar refractivity (Wildman–Crippen MR) is 102 cm³/mol. The second-order valence-electron chi connectivity index (χ2n) is 8.14. The fraction of sp³-hybridized carbons (Fsp3) is 0.524. The molecule has 1 atom stereocenters. The van der Waals surface area contributed by atoms with Crippen LogP contribution in [0, 0.1) is 0 Å². The van der Waals surface area contributed by atoms with E-state index in [-0.39, 0.29) is 25.0 Å². The quantitative estimate of drug-likeness (QED) is 0.703. The van der Waals surface area contributed by atoms with E-state index >= 15 is 0 Å². The van der Waals surface area contributed by atoms with Crippen LogP contribution in [0.15, 0.2) is 12.1 Å². The van der Waals surface area contributed by atoms with Gasteiger partial charge < -0.3 is 9.47 Å². The summed E-state index contributed by atoms with van der Waals surface area (Å²) in [6.07, 6.45) is 1.97. The number of hydrogen-bond acceptors (Lipinski definition) is 7. The minimum absolute atomic E-state index is 0.104. The van der Waals surface area contributed by atoms with Gasteiger partial charge in [0.1, 0.15) is 6.04 Å². The maximum Gasteiger partial charge on any atom is 0.262 e. The number of piperidine rings is 1. The number of hydrogen-bond donors (Lipinski definition) is 1. The highest BCUT2D eigenvalue weighted by molar-refractivity contribution is 6.23. The minimum atomic E-state index is -0.929. The van der Waals surface area contributed by atoms with Gasteiger partial charge in [0.05, 0.1) is 24.3 Å². The first kappa shape index (κ1) is 19.3. The Hall–Kier alpha value is -2.62. The molecule has 0 radical (unpaired) electrons. The van der Waals surface area contributed by atoms with Crippen LogP contribution in [0.4, 0.5) is 0 Å². The number of carbonyl (C=O) groups is 4. The highest BCUT2D eigenvalue weighted by Gasteiger charge is 2.45. The SMILES string of the molecule is O=C1CCC(N2C(=O)c3cc4c(cc3C2=O)CN(CCCC2OCCO2)C4)C(=O)N1. The normalized spacial score (nSPS) is 24.5. The van der Waals surface area contributed by atoms with Crippen molar-refractivity contribution in [1.29, 1.82) is 0 Å². The Bertz CT molecular complexity index is 894. The van der Waals surface area contributed by atoms with Gasteiger partial charge in [-0.3, -0.25) is 34.3 Å². The Morgan fingerprint density at radius 1 is 0.967 bits per heavy atom. The number of nitrogens with zero attached hydrogens (tertiary/aromatic N) is 2. The zero-order valence-electron chi connectivity index (χ0n) is 16.5. The molecule has 5 rings (SSSR count). The predicted octanol–water partition coefficient (Wildman–Crippen LogP) is 0.556. The molecule has 1 N–H and O–H groups in total. The second kappa shape index (κ2) is 7.57. The maximum atomic E-state index is 12.9. The maximum absolute atomic E-state index is 12.9. The van der Waals surface area contributed by atoms with Crippen molar-refractivity contribution in [3.05, 3.63) is 34.4 Å². The molecule has 9 heteroatoms. The summed E-state index contributed by atoms with van der Waals surface area (Å²) in [6, 6.07) is 2.65. The average Bonchev–Trinajstić information content (AvgIpc) is 3.41. The fourth-order valence-electron chi connectivity index (χ4n) is 4.65. The molecule has 0 aromatic heterocycles. The molecule has 0 bridgehead atoms. The van der Waals surface area contributed by atoms with Crippen LogP contribution in [0.25, 0.3) is 0 Å². The summed E-state index contributed by atoms with van der Waals surface area (Å²) in [5, 5.41) is 2.22. The van der Waals surface area contributed by atoms with Gasteiger partial charge in [-0.1, -0.05) is 0 Å².